The van der Waals surface area contributed by atoms with Crippen molar-refractivity contribution in [3.8, 4) is 0 Å². The summed E-state index contributed by atoms with van der Waals surface area (Å²) in [4.78, 5) is 12.8. The van der Waals surface area contributed by atoms with E-state index in [4.69, 9.17) is 23.2 Å². The number of nitrogens with zero attached hydrogens (tertiary/aromatic N) is 2. The van der Waals surface area contributed by atoms with Crippen LogP contribution >= 0.6 is 34.7 Å². The van der Waals surface area contributed by atoms with Gasteiger partial charge in [0.15, 0.2) is 5.78 Å². The second-order valence-electron chi connectivity index (χ2n) is 3.72. The molecule has 6 heteroatoms. The molecule has 1 aromatic carbocycles. The molecule has 0 spiro atoms. The lowest BCUT2D eigenvalue weighted by Gasteiger charge is -2.04. The number of aryl methyl sites for hydroxylation is 1. The number of benzene rings is 1. The lowest BCUT2D eigenvalue weighted by atomic mass is 10.1. The molecule has 0 N–H and O–H groups in total. The van der Waals surface area contributed by atoms with Gasteiger partial charge >= 0.3 is 0 Å². The molecule has 2 aromatic rings. The van der Waals surface area contributed by atoms with Crippen molar-refractivity contribution in [3.63, 3.8) is 0 Å². The summed E-state index contributed by atoms with van der Waals surface area (Å²) in [5.74, 6) is -0.0222. The highest BCUT2D eigenvalue weighted by molar-refractivity contribution is 7.08. The monoisotopic (exact) mass is 300 g/mol. The molecule has 0 amide bonds. The van der Waals surface area contributed by atoms with Crippen molar-refractivity contribution >= 4 is 40.5 Å². The van der Waals surface area contributed by atoms with Gasteiger partial charge in [-0.15, -0.1) is 5.10 Å². The standard InChI is InChI=1S/C12H10Cl2N2OS/c1-2-9-12(18-16-15-9)10(17)6-7-4-3-5-8(13)11(7)14/h3-5H,2,6H2,1H3. The smallest absolute Gasteiger partial charge is 0.180 e. The third kappa shape index (κ3) is 2.71. The fourth-order valence-electron chi connectivity index (χ4n) is 1.59. The molecular weight excluding hydrogens is 291 g/mol. The number of halogens is 2. The highest BCUT2D eigenvalue weighted by Crippen LogP contribution is 2.27. The van der Waals surface area contributed by atoms with Crippen LogP contribution in [0.5, 0.6) is 0 Å². The first-order valence-electron chi connectivity index (χ1n) is 5.40. The first kappa shape index (κ1) is 13.5. The molecule has 18 heavy (non-hydrogen) atoms. The van der Waals surface area contributed by atoms with E-state index in [-0.39, 0.29) is 12.2 Å². The van der Waals surface area contributed by atoms with Gasteiger partial charge in [-0.2, -0.15) is 0 Å². The molecule has 0 fully saturated rings. The fourth-order valence-corrected chi connectivity index (χ4v) is 2.66. The number of hydrogen-bond donors (Lipinski definition) is 0. The van der Waals surface area contributed by atoms with Gasteiger partial charge in [-0.25, -0.2) is 0 Å². The normalized spacial score (nSPS) is 10.6. The van der Waals surface area contributed by atoms with Gasteiger partial charge in [0.05, 0.1) is 15.7 Å². The van der Waals surface area contributed by atoms with Crippen molar-refractivity contribution in [1.29, 1.82) is 0 Å². The first-order chi connectivity index (χ1) is 8.63. The van der Waals surface area contributed by atoms with Gasteiger partial charge in [-0.1, -0.05) is 46.7 Å². The molecule has 1 heterocycles. The van der Waals surface area contributed by atoms with Gasteiger partial charge in [0.1, 0.15) is 4.88 Å². The van der Waals surface area contributed by atoms with Crippen LogP contribution < -0.4 is 0 Å². The number of Topliss-reactive ketones (excluding diaryl/α,β-unsaturated/α-hetero) is 1. The Balaban J connectivity index is 2.24. The molecule has 0 atom stereocenters. The summed E-state index contributed by atoms with van der Waals surface area (Å²) in [7, 11) is 0. The van der Waals surface area contributed by atoms with Crippen LogP contribution in [0.1, 0.15) is 27.9 Å². The molecule has 0 radical (unpaired) electrons. The largest absolute Gasteiger partial charge is 0.293 e. The third-order valence-electron chi connectivity index (χ3n) is 2.53. The van der Waals surface area contributed by atoms with Gasteiger partial charge in [0.25, 0.3) is 0 Å². The predicted octanol–water partition coefficient (Wildman–Crippen LogP) is 3.83. The van der Waals surface area contributed by atoms with E-state index in [1.165, 1.54) is 0 Å². The SMILES string of the molecule is CCc1nnsc1C(=O)Cc1cccc(Cl)c1Cl. The minimum absolute atomic E-state index is 0.0222. The quantitative estimate of drug-likeness (QED) is 0.806. The molecule has 0 bridgehead atoms. The summed E-state index contributed by atoms with van der Waals surface area (Å²) in [5.41, 5.74) is 1.47. The van der Waals surface area contributed by atoms with Crippen LogP contribution in [0, 0.1) is 0 Å². The fraction of sp³-hybridized carbons (Fsp3) is 0.250. The van der Waals surface area contributed by atoms with Crippen LogP contribution in [0.15, 0.2) is 18.2 Å². The van der Waals surface area contributed by atoms with Gasteiger partial charge in [0.2, 0.25) is 0 Å². The maximum atomic E-state index is 12.1. The molecule has 0 aliphatic carbocycles. The van der Waals surface area contributed by atoms with E-state index < -0.39 is 0 Å². The maximum Gasteiger partial charge on any atom is 0.180 e. The lowest BCUT2D eigenvalue weighted by Crippen LogP contribution is -2.05. The predicted molar refractivity (Wildman–Crippen MR) is 73.8 cm³/mol. The van der Waals surface area contributed by atoms with Crippen molar-refractivity contribution in [3.05, 3.63) is 44.4 Å². The highest BCUT2D eigenvalue weighted by Gasteiger charge is 2.17. The number of hydrogen-bond acceptors (Lipinski definition) is 4. The average Bonchev–Trinajstić information content (AvgIpc) is 2.83. The number of carbonyl (C=O) groups is 1. The Morgan fingerprint density at radius 2 is 2.17 bits per heavy atom. The Labute approximate surface area is 119 Å². The molecule has 3 nitrogen and oxygen atoms in total. The van der Waals surface area contributed by atoms with E-state index in [1.54, 1.807) is 18.2 Å². The number of rotatable bonds is 4. The highest BCUT2D eigenvalue weighted by atomic mass is 35.5. The van der Waals surface area contributed by atoms with Crippen molar-refractivity contribution in [2.45, 2.75) is 19.8 Å². The summed E-state index contributed by atoms with van der Waals surface area (Å²) >= 11 is 13.1. The van der Waals surface area contributed by atoms with Gasteiger partial charge in [0, 0.05) is 6.42 Å². The summed E-state index contributed by atoms with van der Waals surface area (Å²) in [6, 6.07) is 5.28. The molecule has 0 unspecified atom stereocenters. The van der Waals surface area contributed by atoms with Gasteiger partial charge in [-0.3, -0.25) is 4.79 Å². The minimum Gasteiger partial charge on any atom is -0.293 e. The maximum absolute atomic E-state index is 12.1. The molecule has 1 aromatic heterocycles. The van der Waals surface area contributed by atoms with Gasteiger partial charge < -0.3 is 0 Å². The Hall–Kier alpha value is -0.970. The van der Waals surface area contributed by atoms with Crippen LogP contribution in [0.3, 0.4) is 0 Å². The van der Waals surface area contributed by atoms with Crippen molar-refractivity contribution in [2.24, 2.45) is 0 Å². The Morgan fingerprint density at radius 1 is 1.39 bits per heavy atom. The summed E-state index contributed by atoms with van der Waals surface area (Å²) in [5, 5.41) is 4.82. The van der Waals surface area contributed by atoms with Crippen molar-refractivity contribution in [2.75, 3.05) is 0 Å². The lowest BCUT2D eigenvalue weighted by molar-refractivity contribution is 0.0996. The third-order valence-corrected chi connectivity index (χ3v) is 4.19. The Morgan fingerprint density at radius 3 is 2.89 bits per heavy atom. The van der Waals surface area contributed by atoms with Crippen LogP contribution in [0.25, 0.3) is 0 Å². The molecule has 0 aliphatic heterocycles. The van der Waals surface area contributed by atoms with Crippen LogP contribution in [0.4, 0.5) is 0 Å². The Bertz CT molecular complexity index is 583. The molecule has 0 aliphatic rings. The van der Waals surface area contributed by atoms with Crippen LogP contribution in [0.2, 0.25) is 10.0 Å². The van der Waals surface area contributed by atoms with Crippen LogP contribution in [-0.4, -0.2) is 15.4 Å². The van der Waals surface area contributed by atoms with E-state index in [0.717, 1.165) is 22.8 Å². The summed E-state index contributed by atoms with van der Waals surface area (Å²) in [6.45, 7) is 1.94. The van der Waals surface area contributed by atoms with E-state index in [0.29, 0.717) is 21.3 Å². The molecule has 0 saturated heterocycles. The first-order valence-corrected chi connectivity index (χ1v) is 6.93. The molecule has 2 rings (SSSR count). The number of ketones is 1. The van der Waals surface area contributed by atoms with Gasteiger partial charge in [-0.05, 0) is 29.6 Å². The zero-order valence-corrected chi connectivity index (χ0v) is 11.9. The topological polar surface area (TPSA) is 42.9 Å². The average molecular weight is 301 g/mol. The minimum atomic E-state index is -0.0222. The van der Waals surface area contributed by atoms with Crippen molar-refractivity contribution < 1.29 is 4.79 Å². The second-order valence-corrected chi connectivity index (χ2v) is 5.25. The Kier molecular flexibility index (Phi) is 4.32. The summed E-state index contributed by atoms with van der Waals surface area (Å²) < 4.78 is 3.81. The van der Waals surface area contributed by atoms with Crippen molar-refractivity contribution in [1.82, 2.24) is 9.59 Å². The number of carbonyl (C=O) groups excluding carboxylic acids is 1. The molecular formula is C12H10Cl2N2OS. The van der Waals surface area contributed by atoms with E-state index >= 15 is 0 Å². The second kappa shape index (κ2) is 5.78. The molecule has 94 valence electrons. The molecule has 0 saturated carbocycles. The zero-order chi connectivity index (χ0) is 13.1. The summed E-state index contributed by atoms with van der Waals surface area (Å²) in [6.07, 6.45) is 0.914. The van der Waals surface area contributed by atoms with E-state index in [2.05, 4.69) is 9.59 Å². The van der Waals surface area contributed by atoms with E-state index in [9.17, 15) is 4.79 Å². The van der Waals surface area contributed by atoms with E-state index in [1.807, 2.05) is 6.92 Å². The zero-order valence-electron chi connectivity index (χ0n) is 9.61. The van der Waals surface area contributed by atoms with Crippen LogP contribution in [-0.2, 0) is 12.8 Å². The number of aromatic nitrogens is 2.